The average Bonchev–Trinajstić information content (AvgIpc) is 2.47. The summed E-state index contributed by atoms with van der Waals surface area (Å²) in [5.41, 5.74) is 0. The highest BCUT2D eigenvalue weighted by atomic mass is 16.1. The zero-order valence-electron chi connectivity index (χ0n) is 14.7. The van der Waals surface area contributed by atoms with Gasteiger partial charge in [0, 0.05) is 51.7 Å². The number of rotatable bonds is 6. The van der Waals surface area contributed by atoms with Gasteiger partial charge in [0.25, 0.3) is 0 Å². The quantitative estimate of drug-likeness (QED) is 0.790. The summed E-state index contributed by atoms with van der Waals surface area (Å²) in [4.78, 5) is 19.4. The zero-order chi connectivity index (χ0) is 15.9. The van der Waals surface area contributed by atoms with E-state index in [1.165, 1.54) is 52.1 Å². The Bertz CT molecular complexity index is 332. The van der Waals surface area contributed by atoms with Gasteiger partial charge < -0.3 is 15.1 Å². The van der Waals surface area contributed by atoms with Crippen molar-refractivity contribution in [3.8, 4) is 0 Å². The number of hydrogen-bond acceptors (Lipinski definition) is 4. The van der Waals surface area contributed by atoms with E-state index in [4.69, 9.17) is 0 Å². The third-order valence-electron chi connectivity index (χ3n) is 4.96. The van der Waals surface area contributed by atoms with Gasteiger partial charge in [-0.05, 0) is 52.7 Å². The summed E-state index contributed by atoms with van der Waals surface area (Å²) >= 11 is 0. The SMILES string of the molecule is CC(C)NC(=O)CC1CCN(CCN2CCN(C)CC2)CC1. The van der Waals surface area contributed by atoms with Crippen molar-refractivity contribution in [1.82, 2.24) is 20.0 Å². The van der Waals surface area contributed by atoms with Crippen LogP contribution in [0.3, 0.4) is 0 Å². The van der Waals surface area contributed by atoms with Gasteiger partial charge >= 0.3 is 0 Å². The molecule has 5 heteroatoms. The molecule has 128 valence electrons. The molecule has 0 unspecified atom stereocenters. The Labute approximate surface area is 136 Å². The van der Waals surface area contributed by atoms with E-state index in [9.17, 15) is 4.79 Å². The molecular weight excluding hydrogens is 276 g/mol. The van der Waals surface area contributed by atoms with Gasteiger partial charge in [0.15, 0.2) is 0 Å². The molecule has 1 amide bonds. The smallest absolute Gasteiger partial charge is 0.220 e. The summed E-state index contributed by atoms with van der Waals surface area (Å²) < 4.78 is 0. The predicted molar refractivity (Wildman–Crippen MR) is 91.0 cm³/mol. The topological polar surface area (TPSA) is 38.8 Å². The van der Waals surface area contributed by atoms with E-state index in [1.807, 2.05) is 13.8 Å². The van der Waals surface area contributed by atoms with Crippen LogP contribution in [0.5, 0.6) is 0 Å². The first-order valence-electron chi connectivity index (χ1n) is 8.95. The fraction of sp³-hybridized carbons (Fsp3) is 0.941. The summed E-state index contributed by atoms with van der Waals surface area (Å²) in [5, 5.41) is 3.01. The van der Waals surface area contributed by atoms with E-state index >= 15 is 0 Å². The van der Waals surface area contributed by atoms with Crippen molar-refractivity contribution in [1.29, 1.82) is 0 Å². The molecule has 2 rings (SSSR count). The molecule has 1 N–H and O–H groups in total. The molecule has 0 aromatic heterocycles. The van der Waals surface area contributed by atoms with Crippen molar-refractivity contribution in [2.45, 2.75) is 39.2 Å². The number of amides is 1. The molecule has 2 aliphatic heterocycles. The van der Waals surface area contributed by atoms with Crippen LogP contribution in [-0.4, -0.2) is 86.1 Å². The second-order valence-electron chi connectivity index (χ2n) is 7.36. The third kappa shape index (κ3) is 6.23. The van der Waals surface area contributed by atoms with Crippen LogP contribution >= 0.6 is 0 Å². The lowest BCUT2D eigenvalue weighted by atomic mass is 9.93. The molecule has 0 aliphatic carbocycles. The maximum atomic E-state index is 11.8. The summed E-state index contributed by atoms with van der Waals surface area (Å²) in [7, 11) is 2.21. The second-order valence-corrected chi connectivity index (χ2v) is 7.36. The Morgan fingerprint density at radius 1 is 1.00 bits per heavy atom. The first-order valence-corrected chi connectivity index (χ1v) is 8.95. The normalized spacial score (nSPS) is 23.1. The molecule has 2 fully saturated rings. The Morgan fingerprint density at radius 2 is 1.55 bits per heavy atom. The molecule has 0 aromatic carbocycles. The third-order valence-corrected chi connectivity index (χ3v) is 4.96. The first-order chi connectivity index (χ1) is 10.5. The molecule has 2 aliphatic rings. The largest absolute Gasteiger partial charge is 0.354 e. The molecule has 22 heavy (non-hydrogen) atoms. The Morgan fingerprint density at radius 3 is 2.09 bits per heavy atom. The van der Waals surface area contributed by atoms with Gasteiger partial charge in [-0.3, -0.25) is 9.69 Å². The van der Waals surface area contributed by atoms with Gasteiger partial charge in [-0.1, -0.05) is 0 Å². The standard InChI is InChI=1S/C17H34N4O/c1-15(2)18-17(22)14-16-4-6-20(7-5-16)12-13-21-10-8-19(3)9-11-21/h15-16H,4-14H2,1-3H3,(H,18,22). The molecule has 2 saturated heterocycles. The highest BCUT2D eigenvalue weighted by molar-refractivity contribution is 5.76. The van der Waals surface area contributed by atoms with Gasteiger partial charge in [0.05, 0.1) is 0 Å². The van der Waals surface area contributed by atoms with Crippen LogP contribution in [0.4, 0.5) is 0 Å². The zero-order valence-corrected chi connectivity index (χ0v) is 14.7. The molecule has 0 saturated carbocycles. The maximum Gasteiger partial charge on any atom is 0.220 e. The molecule has 0 radical (unpaired) electrons. The maximum absolute atomic E-state index is 11.8. The molecule has 5 nitrogen and oxygen atoms in total. The van der Waals surface area contributed by atoms with Crippen LogP contribution < -0.4 is 5.32 Å². The van der Waals surface area contributed by atoms with E-state index in [1.54, 1.807) is 0 Å². The van der Waals surface area contributed by atoms with Gasteiger partial charge in [0.1, 0.15) is 0 Å². The molecule has 0 atom stereocenters. The molecule has 0 aromatic rings. The van der Waals surface area contributed by atoms with Crippen molar-refractivity contribution in [2.75, 3.05) is 59.4 Å². The number of hydrogen-bond donors (Lipinski definition) is 1. The van der Waals surface area contributed by atoms with Gasteiger partial charge in [-0.15, -0.1) is 0 Å². The monoisotopic (exact) mass is 310 g/mol. The first kappa shape index (κ1) is 17.7. The number of likely N-dealkylation sites (tertiary alicyclic amines) is 1. The minimum atomic E-state index is 0.228. The van der Waals surface area contributed by atoms with E-state index in [0.717, 1.165) is 13.1 Å². The van der Waals surface area contributed by atoms with Gasteiger partial charge in [-0.2, -0.15) is 0 Å². The van der Waals surface area contributed by atoms with Crippen LogP contribution in [0.1, 0.15) is 33.1 Å². The number of carbonyl (C=O) groups is 1. The Balaban J connectivity index is 1.58. The van der Waals surface area contributed by atoms with Gasteiger partial charge in [0.2, 0.25) is 5.91 Å². The van der Waals surface area contributed by atoms with Crippen molar-refractivity contribution in [2.24, 2.45) is 5.92 Å². The molecule has 0 bridgehead atoms. The fourth-order valence-electron chi connectivity index (χ4n) is 3.41. The highest BCUT2D eigenvalue weighted by Gasteiger charge is 2.22. The Hall–Kier alpha value is -0.650. The van der Waals surface area contributed by atoms with Crippen molar-refractivity contribution >= 4 is 5.91 Å². The van der Waals surface area contributed by atoms with Crippen LogP contribution in [0.25, 0.3) is 0 Å². The lowest BCUT2D eigenvalue weighted by Gasteiger charge is -2.36. The molecule has 2 heterocycles. The van der Waals surface area contributed by atoms with Crippen LogP contribution in [0, 0.1) is 5.92 Å². The number of carbonyl (C=O) groups excluding carboxylic acids is 1. The predicted octanol–water partition coefficient (Wildman–Crippen LogP) is 0.861. The van der Waals surface area contributed by atoms with Crippen LogP contribution in [-0.2, 0) is 4.79 Å². The number of piperidine rings is 1. The van der Waals surface area contributed by atoms with Crippen LogP contribution in [0.2, 0.25) is 0 Å². The van der Waals surface area contributed by atoms with Crippen molar-refractivity contribution < 1.29 is 4.79 Å². The summed E-state index contributed by atoms with van der Waals surface area (Å²) in [6, 6.07) is 0.260. The lowest BCUT2D eigenvalue weighted by Crippen LogP contribution is -2.47. The number of piperazine rings is 1. The van der Waals surface area contributed by atoms with E-state index in [0.29, 0.717) is 12.3 Å². The second kappa shape index (κ2) is 8.85. The van der Waals surface area contributed by atoms with Crippen molar-refractivity contribution in [3.05, 3.63) is 0 Å². The average molecular weight is 310 g/mol. The molecule has 0 spiro atoms. The molecular formula is C17H34N4O. The number of nitrogens with one attached hydrogen (secondary N) is 1. The summed E-state index contributed by atoms with van der Waals surface area (Å²) in [6.07, 6.45) is 3.06. The van der Waals surface area contributed by atoms with Crippen molar-refractivity contribution in [3.63, 3.8) is 0 Å². The minimum absolute atomic E-state index is 0.228. The Kier molecular flexibility index (Phi) is 7.12. The van der Waals surface area contributed by atoms with E-state index < -0.39 is 0 Å². The lowest BCUT2D eigenvalue weighted by molar-refractivity contribution is -0.122. The van der Waals surface area contributed by atoms with Crippen LogP contribution in [0.15, 0.2) is 0 Å². The minimum Gasteiger partial charge on any atom is -0.354 e. The number of nitrogens with zero attached hydrogens (tertiary/aromatic N) is 3. The summed E-state index contributed by atoms with van der Waals surface area (Å²) in [5.74, 6) is 0.810. The fourth-order valence-corrected chi connectivity index (χ4v) is 3.41. The highest BCUT2D eigenvalue weighted by Crippen LogP contribution is 2.20. The summed E-state index contributed by atoms with van der Waals surface area (Å²) in [6.45, 7) is 13.6. The van der Waals surface area contributed by atoms with E-state index in [2.05, 4.69) is 27.1 Å². The number of likely N-dealkylation sites (N-methyl/N-ethyl adjacent to an activating group) is 1. The van der Waals surface area contributed by atoms with E-state index in [-0.39, 0.29) is 11.9 Å². The van der Waals surface area contributed by atoms with Gasteiger partial charge in [-0.25, -0.2) is 0 Å².